The lowest BCUT2D eigenvalue weighted by atomic mass is 10.1. The fourth-order valence-electron chi connectivity index (χ4n) is 2.28. The van der Waals surface area contributed by atoms with Crippen molar-refractivity contribution < 1.29 is 32.9 Å². The summed E-state index contributed by atoms with van der Waals surface area (Å²) in [6.45, 7) is 0. The van der Waals surface area contributed by atoms with Crippen LogP contribution in [0, 0.1) is 0 Å². The molecule has 2 aromatic rings. The predicted octanol–water partition coefficient (Wildman–Crippen LogP) is 2.13. The molecule has 1 heterocycles. The largest absolute Gasteiger partial charge is 0.495 e. The van der Waals surface area contributed by atoms with Gasteiger partial charge in [-0.2, -0.15) is 0 Å². The van der Waals surface area contributed by atoms with Crippen LogP contribution in [0.3, 0.4) is 0 Å². The van der Waals surface area contributed by atoms with Crippen molar-refractivity contribution in [2.45, 2.75) is 0 Å². The number of benzene rings is 1. The lowest BCUT2D eigenvalue weighted by molar-refractivity contribution is 0.0591. The van der Waals surface area contributed by atoms with Crippen molar-refractivity contribution >= 4 is 5.97 Å². The number of esters is 1. The molecular formula is C17H18O8. The van der Waals surface area contributed by atoms with Crippen LogP contribution in [0.4, 0.5) is 0 Å². The summed E-state index contributed by atoms with van der Waals surface area (Å²) in [6.07, 6.45) is 0. The first-order valence-electron chi connectivity index (χ1n) is 7.11. The highest BCUT2D eigenvalue weighted by Crippen LogP contribution is 2.41. The monoisotopic (exact) mass is 350 g/mol. The van der Waals surface area contributed by atoms with E-state index in [2.05, 4.69) is 4.74 Å². The molecule has 1 aromatic carbocycles. The van der Waals surface area contributed by atoms with Crippen molar-refractivity contribution in [2.75, 3.05) is 35.5 Å². The quantitative estimate of drug-likeness (QED) is 0.732. The third-order valence-electron chi connectivity index (χ3n) is 3.47. The number of hydrogen-bond donors (Lipinski definition) is 0. The van der Waals surface area contributed by atoms with Crippen LogP contribution in [0.5, 0.6) is 23.0 Å². The lowest BCUT2D eigenvalue weighted by Crippen LogP contribution is -2.17. The summed E-state index contributed by atoms with van der Waals surface area (Å²) in [7, 11) is 6.92. The summed E-state index contributed by atoms with van der Waals surface area (Å²) in [4.78, 5) is 23.9. The molecule has 0 radical (unpaired) electrons. The highest BCUT2D eigenvalue weighted by Gasteiger charge is 2.22. The zero-order valence-electron chi connectivity index (χ0n) is 14.5. The zero-order chi connectivity index (χ0) is 18.6. The second-order valence-electron chi connectivity index (χ2n) is 4.75. The van der Waals surface area contributed by atoms with E-state index in [0.717, 1.165) is 7.11 Å². The van der Waals surface area contributed by atoms with Gasteiger partial charge in [0.2, 0.25) is 5.75 Å². The zero-order valence-corrected chi connectivity index (χ0v) is 14.5. The molecule has 8 heteroatoms. The highest BCUT2D eigenvalue weighted by molar-refractivity contribution is 5.92. The van der Waals surface area contributed by atoms with E-state index in [4.69, 9.17) is 23.4 Å². The predicted molar refractivity (Wildman–Crippen MR) is 88.0 cm³/mol. The summed E-state index contributed by atoms with van der Waals surface area (Å²) < 4.78 is 30.7. The van der Waals surface area contributed by atoms with Crippen LogP contribution < -0.4 is 24.6 Å². The van der Waals surface area contributed by atoms with Gasteiger partial charge in [-0.05, 0) is 12.1 Å². The van der Waals surface area contributed by atoms with Gasteiger partial charge < -0.3 is 28.1 Å². The van der Waals surface area contributed by atoms with Gasteiger partial charge in [-0.15, -0.1) is 0 Å². The summed E-state index contributed by atoms with van der Waals surface area (Å²) in [5.41, 5.74) is -0.725. The molecule has 25 heavy (non-hydrogen) atoms. The van der Waals surface area contributed by atoms with Gasteiger partial charge in [0.05, 0.1) is 35.5 Å². The van der Waals surface area contributed by atoms with E-state index in [1.165, 1.54) is 34.5 Å². The van der Waals surface area contributed by atoms with Crippen LogP contribution in [0.25, 0.3) is 11.3 Å². The molecule has 0 bridgehead atoms. The fourth-order valence-corrected chi connectivity index (χ4v) is 2.28. The molecule has 0 amide bonds. The summed E-state index contributed by atoms with van der Waals surface area (Å²) in [6, 6.07) is 4.63. The van der Waals surface area contributed by atoms with Crippen LogP contribution >= 0.6 is 0 Å². The van der Waals surface area contributed by atoms with Crippen molar-refractivity contribution in [1.82, 2.24) is 0 Å². The molecule has 0 fully saturated rings. The van der Waals surface area contributed by atoms with E-state index in [0.29, 0.717) is 22.8 Å². The fraction of sp³-hybridized carbons (Fsp3) is 0.294. The van der Waals surface area contributed by atoms with Crippen molar-refractivity contribution in [1.29, 1.82) is 0 Å². The number of carbonyl (C=O) groups is 1. The van der Waals surface area contributed by atoms with Gasteiger partial charge in [-0.3, -0.25) is 0 Å². The van der Waals surface area contributed by atoms with Crippen molar-refractivity contribution in [2.24, 2.45) is 0 Å². The number of ether oxygens (including phenoxy) is 5. The maximum atomic E-state index is 12.2. The van der Waals surface area contributed by atoms with Gasteiger partial charge >= 0.3 is 11.6 Å². The smallest absolute Gasteiger partial charge is 0.354 e. The highest BCUT2D eigenvalue weighted by atomic mass is 16.5. The third-order valence-corrected chi connectivity index (χ3v) is 3.47. The Morgan fingerprint density at radius 2 is 1.40 bits per heavy atom. The van der Waals surface area contributed by atoms with Crippen molar-refractivity contribution in [3.05, 3.63) is 34.2 Å². The average Bonchev–Trinajstić information content (AvgIpc) is 2.65. The van der Waals surface area contributed by atoms with Crippen LogP contribution in [0.15, 0.2) is 27.4 Å². The normalized spacial score (nSPS) is 10.1. The Bertz CT molecular complexity index is 812. The molecule has 2 rings (SSSR count). The second kappa shape index (κ2) is 7.61. The molecule has 0 aliphatic rings. The molecule has 0 aliphatic heterocycles. The van der Waals surface area contributed by atoms with E-state index >= 15 is 0 Å². The Balaban J connectivity index is 2.69. The van der Waals surface area contributed by atoms with E-state index in [1.807, 2.05) is 0 Å². The van der Waals surface area contributed by atoms with E-state index < -0.39 is 11.6 Å². The molecule has 0 saturated carbocycles. The SMILES string of the molecule is COC(=O)c1c(OC)cc(-c2cc(OC)c(OC)c(OC)c2)oc1=O. The number of rotatable bonds is 6. The molecule has 8 nitrogen and oxygen atoms in total. The van der Waals surface area contributed by atoms with E-state index in [-0.39, 0.29) is 17.1 Å². The Morgan fingerprint density at radius 1 is 0.840 bits per heavy atom. The minimum Gasteiger partial charge on any atom is -0.495 e. The molecule has 0 atom stereocenters. The van der Waals surface area contributed by atoms with E-state index in [1.54, 1.807) is 12.1 Å². The van der Waals surface area contributed by atoms with Crippen LogP contribution in [0.1, 0.15) is 10.4 Å². The molecule has 0 spiro atoms. The van der Waals surface area contributed by atoms with Crippen molar-refractivity contribution in [3.63, 3.8) is 0 Å². The number of carbonyl (C=O) groups excluding carboxylic acids is 1. The third kappa shape index (κ3) is 3.37. The lowest BCUT2D eigenvalue weighted by Gasteiger charge is -2.14. The summed E-state index contributed by atoms with van der Waals surface area (Å²) in [5.74, 6) is 0.517. The Hall–Kier alpha value is -3.16. The first kappa shape index (κ1) is 18.2. The van der Waals surface area contributed by atoms with Gasteiger partial charge in [0.25, 0.3) is 0 Å². The molecule has 0 aliphatic carbocycles. The summed E-state index contributed by atoms with van der Waals surface area (Å²) in [5, 5.41) is 0. The average molecular weight is 350 g/mol. The molecule has 0 saturated heterocycles. The van der Waals surface area contributed by atoms with Gasteiger partial charge in [-0.1, -0.05) is 0 Å². The van der Waals surface area contributed by atoms with Crippen molar-refractivity contribution in [3.8, 4) is 34.3 Å². The minimum absolute atomic E-state index is 0.0341. The molecule has 0 N–H and O–H groups in total. The van der Waals surface area contributed by atoms with E-state index in [9.17, 15) is 9.59 Å². The van der Waals surface area contributed by atoms with Gasteiger partial charge in [0.15, 0.2) is 17.1 Å². The Morgan fingerprint density at radius 3 is 1.84 bits per heavy atom. The molecule has 134 valence electrons. The number of hydrogen-bond acceptors (Lipinski definition) is 8. The molecular weight excluding hydrogens is 332 g/mol. The maximum absolute atomic E-state index is 12.2. The van der Waals surface area contributed by atoms with Gasteiger partial charge in [0.1, 0.15) is 11.5 Å². The summed E-state index contributed by atoms with van der Waals surface area (Å²) >= 11 is 0. The second-order valence-corrected chi connectivity index (χ2v) is 4.75. The Kier molecular flexibility index (Phi) is 5.53. The van der Waals surface area contributed by atoms with Crippen LogP contribution in [-0.4, -0.2) is 41.5 Å². The first-order valence-corrected chi connectivity index (χ1v) is 7.11. The molecule has 1 aromatic heterocycles. The van der Waals surface area contributed by atoms with Crippen LogP contribution in [0.2, 0.25) is 0 Å². The Labute approximate surface area is 143 Å². The topological polar surface area (TPSA) is 93.4 Å². The van der Waals surface area contributed by atoms with Gasteiger partial charge in [0, 0.05) is 11.6 Å². The molecule has 0 unspecified atom stereocenters. The minimum atomic E-state index is -0.880. The number of methoxy groups -OCH3 is 5. The van der Waals surface area contributed by atoms with Crippen LogP contribution in [-0.2, 0) is 4.74 Å². The standard InChI is InChI=1S/C17H18O8/c1-20-11-8-10(25-17(19)14(11)16(18)24-5)9-6-12(21-2)15(23-4)13(7-9)22-3/h6-8H,1-5H3. The van der Waals surface area contributed by atoms with Gasteiger partial charge in [-0.25, -0.2) is 9.59 Å². The first-order chi connectivity index (χ1) is 12.0. The maximum Gasteiger partial charge on any atom is 0.354 e.